The molecule has 1 aliphatic rings. The van der Waals surface area contributed by atoms with Crippen molar-refractivity contribution in [1.29, 1.82) is 0 Å². The fourth-order valence-electron chi connectivity index (χ4n) is 3.79. The molecular weight excluding hydrogens is 412 g/mol. The maximum Gasteiger partial charge on any atom is 0.246 e. The smallest absolute Gasteiger partial charge is 0.246 e. The van der Waals surface area contributed by atoms with Crippen LogP contribution in [0.2, 0.25) is 0 Å². The summed E-state index contributed by atoms with van der Waals surface area (Å²) in [5.41, 5.74) is 3.80. The van der Waals surface area contributed by atoms with E-state index in [0.717, 1.165) is 30.6 Å². The van der Waals surface area contributed by atoms with E-state index < -0.39 is 9.84 Å². The molecule has 3 rings (SSSR count). The van der Waals surface area contributed by atoms with Gasteiger partial charge in [-0.3, -0.25) is 4.79 Å². The summed E-state index contributed by atoms with van der Waals surface area (Å²) in [4.78, 5) is 19.6. The number of carbonyl (C=O) groups is 1. The maximum absolute atomic E-state index is 12.8. The lowest BCUT2D eigenvalue weighted by Crippen LogP contribution is -2.46. The monoisotopic (exact) mass is 442 g/mol. The van der Waals surface area contributed by atoms with Crippen LogP contribution in [0.15, 0.2) is 52.4 Å². The SMILES string of the molecule is CCNC(=NCc1ccc(S(C)(=O)=O)c(C)c1)NCC(=O)N1CCCc2ccccc21. The van der Waals surface area contributed by atoms with Gasteiger partial charge >= 0.3 is 0 Å². The van der Waals surface area contributed by atoms with Gasteiger partial charge < -0.3 is 15.5 Å². The Balaban J connectivity index is 1.66. The average molecular weight is 443 g/mol. The molecule has 0 saturated carbocycles. The lowest BCUT2D eigenvalue weighted by atomic mass is 10.0. The number of aliphatic imine (C=N–C) groups is 1. The highest BCUT2D eigenvalue weighted by Gasteiger charge is 2.22. The van der Waals surface area contributed by atoms with Gasteiger partial charge in [-0.2, -0.15) is 0 Å². The Bertz CT molecular complexity index is 1080. The highest BCUT2D eigenvalue weighted by molar-refractivity contribution is 7.90. The van der Waals surface area contributed by atoms with Crippen molar-refractivity contribution >= 4 is 27.4 Å². The van der Waals surface area contributed by atoms with Crippen LogP contribution in [-0.2, 0) is 27.6 Å². The molecule has 7 nitrogen and oxygen atoms in total. The van der Waals surface area contributed by atoms with Gasteiger partial charge in [0.15, 0.2) is 15.8 Å². The first kappa shape index (κ1) is 22.8. The van der Waals surface area contributed by atoms with E-state index in [4.69, 9.17) is 0 Å². The first-order chi connectivity index (χ1) is 14.8. The molecule has 2 aromatic rings. The summed E-state index contributed by atoms with van der Waals surface area (Å²) < 4.78 is 23.6. The van der Waals surface area contributed by atoms with E-state index in [1.54, 1.807) is 19.1 Å². The fourth-order valence-corrected chi connectivity index (χ4v) is 4.74. The molecule has 2 aromatic carbocycles. The van der Waals surface area contributed by atoms with Crippen LogP contribution < -0.4 is 15.5 Å². The van der Waals surface area contributed by atoms with E-state index in [0.29, 0.717) is 29.5 Å². The van der Waals surface area contributed by atoms with Crippen LogP contribution in [0.5, 0.6) is 0 Å². The van der Waals surface area contributed by atoms with Gasteiger partial charge in [-0.15, -0.1) is 0 Å². The average Bonchev–Trinajstić information content (AvgIpc) is 2.74. The number of hydrogen-bond acceptors (Lipinski definition) is 4. The lowest BCUT2D eigenvalue weighted by Gasteiger charge is -2.29. The second kappa shape index (κ2) is 9.96. The number of aryl methyl sites for hydroxylation is 2. The summed E-state index contributed by atoms with van der Waals surface area (Å²) >= 11 is 0. The summed E-state index contributed by atoms with van der Waals surface area (Å²) in [6.07, 6.45) is 3.16. The molecule has 1 amide bonds. The molecule has 0 saturated heterocycles. The summed E-state index contributed by atoms with van der Waals surface area (Å²) in [6, 6.07) is 13.3. The molecule has 0 spiro atoms. The first-order valence-corrected chi connectivity index (χ1v) is 12.4. The van der Waals surface area contributed by atoms with Gasteiger partial charge in [0.05, 0.1) is 18.0 Å². The second-order valence-corrected chi connectivity index (χ2v) is 9.68. The van der Waals surface area contributed by atoms with Crippen LogP contribution >= 0.6 is 0 Å². The van der Waals surface area contributed by atoms with Crippen molar-refractivity contribution in [1.82, 2.24) is 10.6 Å². The second-order valence-electron chi connectivity index (χ2n) is 7.70. The molecule has 0 aromatic heterocycles. The van der Waals surface area contributed by atoms with Crippen molar-refractivity contribution in [2.75, 3.05) is 30.8 Å². The van der Waals surface area contributed by atoms with Gasteiger partial charge in [-0.05, 0) is 55.5 Å². The number of amides is 1. The molecule has 166 valence electrons. The van der Waals surface area contributed by atoms with Gasteiger partial charge in [0.2, 0.25) is 5.91 Å². The number of rotatable bonds is 6. The van der Waals surface area contributed by atoms with Crippen molar-refractivity contribution < 1.29 is 13.2 Å². The first-order valence-electron chi connectivity index (χ1n) is 10.5. The van der Waals surface area contributed by atoms with E-state index in [1.807, 2.05) is 36.1 Å². The Morgan fingerprint density at radius 3 is 2.65 bits per heavy atom. The van der Waals surface area contributed by atoms with Crippen LogP contribution in [0, 0.1) is 6.92 Å². The number of carbonyl (C=O) groups excluding carboxylic acids is 1. The molecule has 0 fully saturated rings. The number of fused-ring (bicyclic) bond motifs is 1. The quantitative estimate of drug-likeness (QED) is 0.530. The summed E-state index contributed by atoms with van der Waals surface area (Å²) in [6.45, 7) is 5.65. The van der Waals surface area contributed by atoms with Crippen molar-refractivity contribution in [2.45, 2.75) is 38.1 Å². The van der Waals surface area contributed by atoms with E-state index >= 15 is 0 Å². The number of nitrogens with zero attached hydrogens (tertiary/aromatic N) is 2. The van der Waals surface area contributed by atoms with Crippen LogP contribution in [-0.4, -0.2) is 46.2 Å². The van der Waals surface area contributed by atoms with E-state index in [2.05, 4.69) is 21.7 Å². The number of hydrogen-bond donors (Lipinski definition) is 2. The third kappa shape index (κ3) is 5.85. The van der Waals surface area contributed by atoms with Crippen LogP contribution in [0.4, 0.5) is 5.69 Å². The molecule has 0 unspecified atom stereocenters. The zero-order valence-corrected chi connectivity index (χ0v) is 19.1. The van der Waals surface area contributed by atoms with E-state index in [1.165, 1.54) is 11.8 Å². The van der Waals surface area contributed by atoms with E-state index in [-0.39, 0.29) is 12.5 Å². The van der Waals surface area contributed by atoms with Crippen molar-refractivity contribution in [3.63, 3.8) is 0 Å². The van der Waals surface area contributed by atoms with Crippen LogP contribution in [0.3, 0.4) is 0 Å². The molecule has 1 aliphatic heterocycles. The summed E-state index contributed by atoms with van der Waals surface area (Å²) in [7, 11) is -3.24. The predicted molar refractivity (Wildman–Crippen MR) is 124 cm³/mol. The number of anilines is 1. The number of guanidine groups is 1. The molecule has 31 heavy (non-hydrogen) atoms. The van der Waals surface area contributed by atoms with Crippen molar-refractivity contribution in [3.8, 4) is 0 Å². The largest absolute Gasteiger partial charge is 0.357 e. The highest BCUT2D eigenvalue weighted by atomic mass is 32.2. The van der Waals surface area contributed by atoms with Crippen molar-refractivity contribution in [3.05, 3.63) is 59.2 Å². The predicted octanol–water partition coefficient (Wildman–Crippen LogP) is 2.43. The third-order valence-electron chi connectivity index (χ3n) is 5.22. The number of para-hydroxylation sites is 1. The molecule has 0 aliphatic carbocycles. The number of sulfone groups is 1. The van der Waals surface area contributed by atoms with Gasteiger partial charge in [-0.25, -0.2) is 13.4 Å². The zero-order valence-electron chi connectivity index (χ0n) is 18.3. The van der Waals surface area contributed by atoms with Crippen LogP contribution in [0.25, 0.3) is 0 Å². The highest BCUT2D eigenvalue weighted by Crippen LogP contribution is 2.26. The standard InChI is InChI=1S/C23H30N4O3S/c1-4-24-23(25-15-18-11-12-21(17(2)14-18)31(3,29)30)26-16-22(28)27-13-7-9-19-8-5-6-10-20(19)27/h5-6,8,10-12,14H,4,7,9,13,15-16H2,1-3H3,(H2,24,25,26). The molecule has 0 atom stereocenters. The summed E-state index contributed by atoms with van der Waals surface area (Å²) in [5.74, 6) is 0.553. The Labute approximate surface area is 184 Å². The lowest BCUT2D eigenvalue weighted by molar-refractivity contribution is -0.117. The molecule has 2 N–H and O–H groups in total. The minimum atomic E-state index is -3.24. The normalized spacial score (nSPS) is 14.2. The molecule has 1 heterocycles. The van der Waals surface area contributed by atoms with Crippen LogP contribution in [0.1, 0.15) is 30.0 Å². The van der Waals surface area contributed by atoms with Gasteiger partial charge in [0.25, 0.3) is 0 Å². The van der Waals surface area contributed by atoms with Gasteiger partial charge in [-0.1, -0.05) is 30.3 Å². The third-order valence-corrected chi connectivity index (χ3v) is 6.48. The fraction of sp³-hybridized carbons (Fsp3) is 0.391. The molecular formula is C23H30N4O3S. The van der Waals surface area contributed by atoms with Gasteiger partial charge in [0.1, 0.15) is 0 Å². The molecule has 0 bridgehead atoms. The Morgan fingerprint density at radius 1 is 1.16 bits per heavy atom. The Hall–Kier alpha value is -2.87. The molecule has 8 heteroatoms. The van der Waals surface area contributed by atoms with Crippen molar-refractivity contribution in [2.24, 2.45) is 4.99 Å². The Morgan fingerprint density at radius 2 is 1.94 bits per heavy atom. The van der Waals surface area contributed by atoms with Gasteiger partial charge in [0, 0.05) is 25.0 Å². The zero-order chi connectivity index (χ0) is 22.4. The van der Waals surface area contributed by atoms with E-state index in [9.17, 15) is 13.2 Å². The minimum Gasteiger partial charge on any atom is -0.357 e. The topological polar surface area (TPSA) is 90.9 Å². The number of nitrogens with one attached hydrogen (secondary N) is 2. The maximum atomic E-state index is 12.8. The molecule has 0 radical (unpaired) electrons. The number of benzene rings is 2. The summed E-state index contributed by atoms with van der Waals surface area (Å²) in [5, 5.41) is 6.27. The Kier molecular flexibility index (Phi) is 7.33. The minimum absolute atomic E-state index is 0.00565.